The van der Waals surface area contributed by atoms with Gasteiger partial charge in [-0.2, -0.15) is 0 Å². The minimum Gasteiger partial charge on any atom is -0.352 e. The summed E-state index contributed by atoms with van der Waals surface area (Å²) < 4.78 is 0. The number of aromatic nitrogens is 1. The first kappa shape index (κ1) is 15.5. The third kappa shape index (κ3) is 4.28. The first-order valence-corrected chi connectivity index (χ1v) is 7.47. The number of rotatable bonds is 4. The summed E-state index contributed by atoms with van der Waals surface area (Å²) in [6.45, 7) is 7.20. The molecule has 0 spiro atoms. The molecule has 2 rings (SSSR count). The maximum Gasteiger partial charge on any atom is 0.255 e. The summed E-state index contributed by atoms with van der Waals surface area (Å²) in [5, 5.41) is 3.01. The highest BCUT2D eigenvalue weighted by atomic mass is 16.2. The van der Waals surface area contributed by atoms with E-state index in [2.05, 4.69) is 10.3 Å². The van der Waals surface area contributed by atoms with E-state index in [1.54, 1.807) is 17.2 Å². The number of likely N-dealkylation sites (tertiary alicyclic amines) is 1. The van der Waals surface area contributed by atoms with Gasteiger partial charge in [0.1, 0.15) is 0 Å². The summed E-state index contributed by atoms with van der Waals surface area (Å²) in [4.78, 5) is 30.0. The van der Waals surface area contributed by atoms with Crippen LogP contribution in [0.15, 0.2) is 18.3 Å². The summed E-state index contributed by atoms with van der Waals surface area (Å²) in [6, 6.07) is 3.71. The third-order valence-electron chi connectivity index (χ3n) is 3.59. The smallest absolute Gasteiger partial charge is 0.255 e. The molecule has 5 nitrogen and oxygen atoms in total. The summed E-state index contributed by atoms with van der Waals surface area (Å²) in [7, 11) is 0. The van der Waals surface area contributed by atoms with Crippen molar-refractivity contribution in [2.24, 2.45) is 5.92 Å². The van der Waals surface area contributed by atoms with Gasteiger partial charge in [0.25, 0.3) is 5.91 Å². The summed E-state index contributed by atoms with van der Waals surface area (Å²) >= 11 is 0. The van der Waals surface area contributed by atoms with Crippen LogP contribution in [-0.2, 0) is 4.79 Å². The van der Waals surface area contributed by atoms with Gasteiger partial charge < -0.3 is 10.2 Å². The molecule has 1 aliphatic rings. The van der Waals surface area contributed by atoms with Gasteiger partial charge in [0.2, 0.25) is 5.91 Å². The molecule has 0 bridgehead atoms. The van der Waals surface area contributed by atoms with E-state index in [9.17, 15) is 9.59 Å². The van der Waals surface area contributed by atoms with E-state index in [1.165, 1.54) is 0 Å². The highest BCUT2D eigenvalue weighted by Crippen LogP contribution is 2.14. The van der Waals surface area contributed by atoms with Crippen LogP contribution in [-0.4, -0.2) is 40.8 Å². The fourth-order valence-corrected chi connectivity index (χ4v) is 2.50. The van der Waals surface area contributed by atoms with Crippen molar-refractivity contribution in [1.82, 2.24) is 15.2 Å². The Hall–Kier alpha value is -1.91. The van der Waals surface area contributed by atoms with Gasteiger partial charge in [-0.25, -0.2) is 0 Å². The van der Waals surface area contributed by atoms with Crippen molar-refractivity contribution in [2.45, 2.75) is 39.7 Å². The van der Waals surface area contributed by atoms with Crippen molar-refractivity contribution in [2.75, 3.05) is 13.1 Å². The molecule has 1 aromatic heterocycles. The molecule has 2 heterocycles. The summed E-state index contributed by atoms with van der Waals surface area (Å²) in [6.07, 6.45) is 2.96. The second-order valence-electron chi connectivity index (χ2n) is 6.09. The van der Waals surface area contributed by atoms with Crippen LogP contribution >= 0.6 is 0 Å². The highest BCUT2D eigenvalue weighted by molar-refractivity contribution is 5.94. The molecule has 1 aliphatic heterocycles. The Bertz CT molecular complexity index is 511. The quantitative estimate of drug-likeness (QED) is 0.919. The van der Waals surface area contributed by atoms with Crippen LogP contribution in [0.25, 0.3) is 0 Å². The van der Waals surface area contributed by atoms with Gasteiger partial charge in [-0.3, -0.25) is 14.6 Å². The lowest BCUT2D eigenvalue weighted by molar-refractivity contribution is -0.122. The normalized spacial score (nSPS) is 18.1. The Morgan fingerprint density at radius 3 is 2.81 bits per heavy atom. The van der Waals surface area contributed by atoms with Crippen molar-refractivity contribution in [3.63, 3.8) is 0 Å². The lowest BCUT2D eigenvalue weighted by Crippen LogP contribution is -2.38. The average Bonchev–Trinajstić information content (AvgIpc) is 2.86. The summed E-state index contributed by atoms with van der Waals surface area (Å²) in [5.74, 6) is 0.409. The molecule has 0 saturated carbocycles. The van der Waals surface area contributed by atoms with Crippen LogP contribution in [0.4, 0.5) is 0 Å². The van der Waals surface area contributed by atoms with Crippen LogP contribution in [0.3, 0.4) is 0 Å². The molecule has 2 amide bonds. The van der Waals surface area contributed by atoms with E-state index in [0.717, 1.165) is 12.1 Å². The fourth-order valence-electron chi connectivity index (χ4n) is 2.50. The lowest BCUT2D eigenvalue weighted by Gasteiger charge is -2.17. The third-order valence-corrected chi connectivity index (χ3v) is 3.59. The standard InChI is InChI=1S/C16H23N3O2/c1-11(2)8-15(20)18-14-6-7-19(10-14)16(21)13-5-4-12(3)17-9-13/h4-5,9,11,14H,6-8,10H2,1-3H3,(H,18,20)/t14-/m1/s1. The number of carbonyl (C=O) groups is 2. The number of hydrogen-bond acceptors (Lipinski definition) is 3. The minimum atomic E-state index is -0.0110. The van der Waals surface area contributed by atoms with Gasteiger partial charge in [0.15, 0.2) is 0 Å². The van der Waals surface area contributed by atoms with Crippen LogP contribution in [0.5, 0.6) is 0 Å². The second kappa shape index (κ2) is 6.70. The van der Waals surface area contributed by atoms with Crippen molar-refractivity contribution < 1.29 is 9.59 Å². The van der Waals surface area contributed by atoms with Crippen LogP contribution in [0.2, 0.25) is 0 Å². The first-order valence-electron chi connectivity index (χ1n) is 7.47. The number of aryl methyl sites for hydroxylation is 1. The number of nitrogens with one attached hydrogen (secondary N) is 1. The summed E-state index contributed by atoms with van der Waals surface area (Å²) in [5.41, 5.74) is 1.50. The fraction of sp³-hybridized carbons (Fsp3) is 0.562. The van der Waals surface area contributed by atoms with E-state index in [4.69, 9.17) is 0 Å². The molecule has 114 valence electrons. The van der Waals surface area contributed by atoms with Crippen LogP contribution in [0, 0.1) is 12.8 Å². The van der Waals surface area contributed by atoms with Gasteiger partial charge in [-0.1, -0.05) is 13.8 Å². The maximum atomic E-state index is 12.3. The monoisotopic (exact) mass is 289 g/mol. The zero-order valence-electron chi connectivity index (χ0n) is 12.9. The predicted molar refractivity (Wildman–Crippen MR) is 80.9 cm³/mol. The molecule has 0 unspecified atom stereocenters. The topological polar surface area (TPSA) is 62.3 Å². The molecule has 0 aliphatic carbocycles. The van der Waals surface area contributed by atoms with Crippen molar-refractivity contribution in [3.8, 4) is 0 Å². The zero-order chi connectivity index (χ0) is 15.4. The lowest BCUT2D eigenvalue weighted by atomic mass is 10.1. The van der Waals surface area contributed by atoms with E-state index < -0.39 is 0 Å². The predicted octanol–water partition coefficient (Wildman–Crippen LogP) is 1.77. The van der Waals surface area contributed by atoms with Gasteiger partial charge in [-0.05, 0) is 31.4 Å². The number of carbonyl (C=O) groups excluding carboxylic acids is 2. The number of pyridine rings is 1. The molecular weight excluding hydrogens is 266 g/mol. The molecule has 0 aromatic carbocycles. The van der Waals surface area contributed by atoms with E-state index >= 15 is 0 Å². The van der Waals surface area contributed by atoms with Crippen LogP contribution in [0.1, 0.15) is 42.7 Å². The Labute approximate surface area is 125 Å². The Kier molecular flexibility index (Phi) is 4.94. The minimum absolute atomic E-state index is 0.0110. The molecule has 1 saturated heterocycles. The average molecular weight is 289 g/mol. The molecule has 5 heteroatoms. The first-order chi connectivity index (χ1) is 9.95. The Balaban J connectivity index is 1.88. The van der Waals surface area contributed by atoms with E-state index in [0.29, 0.717) is 31.0 Å². The van der Waals surface area contributed by atoms with Crippen LogP contribution < -0.4 is 5.32 Å². The van der Waals surface area contributed by atoms with Gasteiger partial charge in [0.05, 0.1) is 5.56 Å². The molecule has 1 fully saturated rings. The van der Waals surface area contributed by atoms with E-state index in [1.807, 2.05) is 26.8 Å². The number of nitrogens with zero attached hydrogens (tertiary/aromatic N) is 2. The van der Waals surface area contributed by atoms with Crippen molar-refractivity contribution in [1.29, 1.82) is 0 Å². The molecule has 1 aromatic rings. The Morgan fingerprint density at radius 2 is 2.19 bits per heavy atom. The second-order valence-corrected chi connectivity index (χ2v) is 6.09. The molecule has 1 N–H and O–H groups in total. The van der Waals surface area contributed by atoms with E-state index in [-0.39, 0.29) is 17.9 Å². The van der Waals surface area contributed by atoms with Gasteiger partial charge >= 0.3 is 0 Å². The van der Waals surface area contributed by atoms with Gasteiger partial charge in [0, 0.05) is 37.4 Å². The largest absolute Gasteiger partial charge is 0.352 e. The molecule has 1 atom stereocenters. The highest BCUT2D eigenvalue weighted by Gasteiger charge is 2.28. The van der Waals surface area contributed by atoms with Crippen molar-refractivity contribution in [3.05, 3.63) is 29.6 Å². The van der Waals surface area contributed by atoms with Crippen molar-refractivity contribution >= 4 is 11.8 Å². The molecular formula is C16H23N3O2. The number of hydrogen-bond donors (Lipinski definition) is 1. The maximum absolute atomic E-state index is 12.3. The number of amides is 2. The zero-order valence-corrected chi connectivity index (χ0v) is 12.9. The molecule has 0 radical (unpaired) electrons. The SMILES string of the molecule is Cc1ccc(C(=O)N2CC[C@@H](NC(=O)CC(C)C)C2)cn1. The van der Waals surface area contributed by atoms with Gasteiger partial charge in [-0.15, -0.1) is 0 Å². The molecule has 21 heavy (non-hydrogen) atoms. The Morgan fingerprint density at radius 1 is 1.43 bits per heavy atom.